The van der Waals surface area contributed by atoms with Crippen molar-refractivity contribution in [2.45, 2.75) is 19.8 Å². The molecule has 1 aliphatic rings. The van der Waals surface area contributed by atoms with Crippen LogP contribution in [0.5, 0.6) is 0 Å². The van der Waals surface area contributed by atoms with Crippen LogP contribution in [-0.4, -0.2) is 29.5 Å². The summed E-state index contributed by atoms with van der Waals surface area (Å²) in [5, 5.41) is 0. The smallest absolute Gasteiger partial charge is 0.135 e. The summed E-state index contributed by atoms with van der Waals surface area (Å²) in [6.45, 7) is 11.1. The van der Waals surface area contributed by atoms with Gasteiger partial charge in [0.2, 0.25) is 0 Å². The molecule has 0 aromatic carbocycles. The quantitative estimate of drug-likeness (QED) is 0.622. The van der Waals surface area contributed by atoms with E-state index in [1.807, 2.05) is 0 Å². The second-order valence-electron chi connectivity index (χ2n) is 3.44. The molecule has 76 valence electrons. The molecule has 0 atom stereocenters. The molecule has 0 aromatic heterocycles. The van der Waals surface area contributed by atoms with Crippen LogP contribution in [0.1, 0.15) is 19.8 Å². The molecule has 0 amide bonds. The van der Waals surface area contributed by atoms with Gasteiger partial charge in [-0.3, -0.25) is 4.79 Å². The predicted molar refractivity (Wildman–Crippen MR) is 58.3 cm³/mol. The Hall–Kier alpha value is -1.38. The van der Waals surface area contributed by atoms with Crippen molar-refractivity contribution in [1.29, 1.82) is 0 Å². The van der Waals surface area contributed by atoms with Crippen LogP contribution in [0.4, 0.5) is 0 Å². The second kappa shape index (κ2) is 4.74. The van der Waals surface area contributed by atoms with E-state index >= 15 is 0 Å². The van der Waals surface area contributed by atoms with Gasteiger partial charge in [-0.15, -0.1) is 0 Å². The largest absolute Gasteiger partial charge is 0.357 e. The first kappa shape index (κ1) is 10.7. The van der Waals surface area contributed by atoms with E-state index in [2.05, 4.69) is 23.1 Å². The number of Topliss-reactive ketones (excluding diaryl/α,β-unsaturated/α-hetero) is 1. The molecule has 1 saturated heterocycles. The van der Waals surface area contributed by atoms with Crippen molar-refractivity contribution in [2.75, 3.05) is 13.1 Å². The lowest BCUT2D eigenvalue weighted by Crippen LogP contribution is -2.35. The van der Waals surface area contributed by atoms with Crippen LogP contribution in [0.3, 0.4) is 0 Å². The van der Waals surface area contributed by atoms with Gasteiger partial charge >= 0.3 is 0 Å². The number of ketones is 1. The van der Waals surface area contributed by atoms with Gasteiger partial charge in [0.05, 0.1) is 0 Å². The van der Waals surface area contributed by atoms with E-state index in [-0.39, 0.29) is 5.78 Å². The first-order chi connectivity index (χ1) is 6.63. The van der Waals surface area contributed by atoms with Crippen molar-refractivity contribution in [2.24, 2.45) is 4.99 Å². The van der Waals surface area contributed by atoms with Crippen LogP contribution in [0, 0.1) is 0 Å². The fraction of sp³-hybridized carbons (Fsp3) is 0.455. The highest BCUT2D eigenvalue weighted by molar-refractivity contribution is 6.07. The zero-order chi connectivity index (χ0) is 10.6. The Bertz CT molecular complexity index is 288. The Labute approximate surface area is 84.8 Å². The van der Waals surface area contributed by atoms with E-state index in [1.165, 1.54) is 6.42 Å². The maximum Gasteiger partial charge on any atom is 0.135 e. The maximum atomic E-state index is 10.9. The third-order valence-electron chi connectivity index (χ3n) is 2.16. The Morgan fingerprint density at radius 2 is 2.21 bits per heavy atom. The lowest BCUT2D eigenvalue weighted by Gasteiger charge is -2.32. The third-order valence-corrected chi connectivity index (χ3v) is 2.16. The van der Waals surface area contributed by atoms with Gasteiger partial charge in [-0.25, -0.2) is 4.99 Å². The molecule has 0 saturated carbocycles. The van der Waals surface area contributed by atoms with Crippen molar-refractivity contribution in [3.8, 4) is 0 Å². The molecular formula is C11H16N2O. The number of aliphatic imine (C=N–C) groups is 1. The fourth-order valence-electron chi connectivity index (χ4n) is 1.22. The lowest BCUT2D eigenvalue weighted by atomic mass is 10.2. The van der Waals surface area contributed by atoms with Gasteiger partial charge in [0.25, 0.3) is 0 Å². The molecule has 0 radical (unpaired) electrons. The summed E-state index contributed by atoms with van der Waals surface area (Å²) in [5.74, 6) is 0.840. The summed E-state index contributed by atoms with van der Waals surface area (Å²) in [6.07, 6.45) is 3.16. The standard InChI is InChI=1S/C11H16N2O/c1-4-11(8-9(2)14)12-10(3)13-6-5-7-13/h4H,1,3,5-8H2,2H3/b12-11+. The van der Waals surface area contributed by atoms with Crippen LogP contribution in [-0.2, 0) is 4.79 Å². The zero-order valence-electron chi connectivity index (χ0n) is 8.62. The van der Waals surface area contributed by atoms with Crippen molar-refractivity contribution in [1.82, 2.24) is 4.90 Å². The number of rotatable bonds is 5. The van der Waals surface area contributed by atoms with Crippen LogP contribution in [0.2, 0.25) is 0 Å². The average molecular weight is 192 g/mol. The van der Waals surface area contributed by atoms with E-state index in [0.29, 0.717) is 12.1 Å². The van der Waals surface area contributed by atoms with E-state index in [9.17, 15) is 4.79 Å². The molecule has 0 aliphatic carbocycles. The fourth-order valence-corrected chi connectivity index (χ4v) is 1.22. The number of likely N-dealkylation sites (tertiary alicyclic amines) is 1. The molecule has 0 aromatic rings. The summed E-state index contributed by atoms with van der Waals surface area (Å²) < 4.78 is 0. The van der Waals surface area contributed by atoms with Gasteiger partial charge in [0.15, 0.2) is 0 Å². The van der Waals surface area contributed by atoms with Crippen LogP contribution >= 0.6 is 0 Å². The molecule has 3 heteroatoms. The minimum Gasteiger partial charge on any atom is -0.357 e. The highest BCUT2D eigenvalue weighted by Gasteiger charge is 2.14. The minimum atomic E-state index is 0.0973. The summed E-state index contributed by atoms with van der Waals surface area (Å²) >= 11 is 0. The number of allylic oxidation sites excluding steroid dienone is 1. The van der Waals surface area contributed by atoms with Crippen LogP contribution < -0.4 is 0 Å². The van der Waals surface area contributed by atoms with Crippen molar-refractivity contribution in [3.05, 3.63) is 25.1 Å². The van der Waals surface area contributed by atoms with Gasteiger partial charge in [0.1, 0.15) is 11.6 Å². The van der Waals surface area contributed by atoms with Crippen molar-refractivity contribution in [3.63, 3.8) is 0 Å². The molecule has 0 bridgehead atoms. The Kier molecular flexibility index (Phi) is 3.63. The normalized spacial score (nSPS) is 16.1. The Balaban J connectivity index is 2.57. The summed E-state index contributed by atoms with van der Waals surface area (Å²) in [7, 11) is 0. The molecular weight excluding hydrogens is 176 g/mol. The number of hydrogen-bond donors (Lipinski definition) is 0. The van der Waals surface area contributed by atoms with Gasteiger partial charge in [-0.1, -0.05) is 13.2 Å². The van der Waals surface area contributed by atoms with Crippen LogP contribution in [0.25, 0.3) is 0 Å². The number of nitrogens with zero attached hydrogens (tertiary/aromatic N) is 2. The molecule has 1 fully saturated rings. The topological polar surface area (TPSA) is 32.7 Å². The SMILES string of the molecule is C=C/C(CC(C)=O)=N\C(=C)N1CCC1. The van der Waals surface area contributed by atoms with Gasteiger partial charge in [-0.2, -0.15) is 0 Å². The van der Waals surface area contributed by atoms with E-state index in [1.54, 1.807) is 13.0 Å². The highest BCUT2D eigenvalue weighted by Crippen LogP contribution is 2.14. The van der Waals surface area contributed by atoms with Crippen LogP contribution in [0.15, 0.2) is 30.0 Å². The Morgan fingerprint density at radius 3 is 2.57 bits per heavy atom. The summed E-state index contributed by atoms with van der Waals surface area (Å²) in [5.41, 5.74) is 0.703. The Morgan fingerprint density at radius 1 is 1.57 bits per heavy atom. The molecule has 0 unspecified atom stereocenters. The van der Waals surface area contributed by atoms with Gasteiger partial charge in [0, 0.05) is 25.2 Å². The maximum absolute atomic E-state index is 10.9. The monoisotopic (exact) mass is 192 g/mol. The number of hydrogen-bond acceptors (Lipinski definition) is 3. The zero-order valence-corrected chi connectivity index (χ0v) is 8.62. The molecule has 1 rings (SSSR count). The number of carbonyl (C=O) groups is 1. The summed E-state index contributed by atoms with van der Waals surface area (Å²) in [6, 6.07) is 0. The lowest BCUT2D eigenvalue weighted by molar-refractivity contribution is -0.115. The second-order valence-corrected chi connectivity index (χ2v) is 3.44. The van der Waals surface area contributed by atoms with Crippen molar-refractivity contribution < 1.29 is 4.79 Å². The van der Waals surface area contributed by atoms with Gasteiger partial charge < -0.3 is 4.90 Å². The predicted octanol–water partition coefficient (Wildman–Crippen LogP) is 1.77. The molecule has 1 aliphatic heterocycles. The van der Waals surface area contributed by atoms with Gasteiger partial charge in [-0.05, 0) is 19.4 Å². The number of carbonyl (C=O) groups excluding carboxylic acids is 1. The summed E-state index contributed by atoms with van der Waals surface area (Å²) in [4.78, 5) is 17.2. The van der Waals surface area contributed by atoms with E-state index in [4.69, 9.17) is 0 Å². The average Bonchev–Trinajstić information content (AvgIpc) is 1.98. The molecule has 0 N–H and O–H groups in total. The van der Waals surface area contributed by atoms with E-state index < -0.39 is 0 Å². The first-order valence-corrected chi connectivity index (χ1v) is 4.76. The highest BCUT2D eigenvalue weighted by atomic mass is 16.1. The van der Waals surface area contributed by atoms with Crippen molar-refractivity contribution >= 4 is 11.5 Å². The molecule has 1 heterocycles. The molecule has 0 spiro atoms. The minimum absolute atomic E-state index is 0.0973. The molecule has 3 nitrogen and oxygen atoms in total. The molecule has 14 heavy (non-hydrogen) atoms. The van der Waals surface area contributed by atoms with E-state index in [0.717, 1.165) is 18.9 Å². The first-order valence-electron chi connectivity index (χ1n) is 4.76. The third kappa shape index (κ3) is 2.83.